The highest BCUT2D eigenvalue weighted by atomic mass is 35.5. The van der Waals surface area contributed by atoms with Gasteiger partial charge in [0.25, 0.3) is 0 Å². The van der Waals surface area contributed by atoms with E-state index in [2.05, 4.69) is 4.98 Å². The summed E-state index contributed by atoms with van der Waals surface area (Å²) in [5.74, 6) is -3.21. The summed E-state index contributed by atoms with van der Waals surface area (Å²) in [5.41, 5.74) is 4.92. The minimum Gasteiger partial charge on any atom is -0.387 e. The molecule has 1 rings (SSSR count). The lowest BCUT2D eigenvalue weighted by Crippen LogP contribution is -2.36. The summed E-state index contributed by atoms with van der Waals surface area (Å²) >= 11 is 6.47. The van der Waals surface area contributed by atoms with E-state index in [4.69, 9.17) is 22.7 Å². The second kappa shape index (κ2) is 5.59. The third-order valence-electron chi connectivity index (χ3n) is 1.87. The van der Waals surface area contributed by atoms with Crippen LogP contribution in [-0.2, 0) is 0 Å². The van der Waals surface area contributed by atoms with Crippen molar-refractivity contribution in [1.82, 2.24) is 4.98 Å². The minimum atomic E-state index is -4.51. The number of nitrogens with two attached hydrogens (primary N) is 1. The number of aromatic nitrogens is 1. The van der Waals surface area contributed by atoms with E-state index >= 15 is 0 Å². The monoisotopic (exact) mass is 283 g/mol. The molecule has 8 heteroatoms. The number of nitrogens with zero attached hydrogens (tertiary/aromatic N) is 1. The number of amidine groups is 1. The van der Waals surface area contributed by atoms with E-state index < -0.39 is 17.9 Å². The smallest absolute Gasteiger partial charge is 0.387 e. The van der Waals surface area contributed by atoms with Crippen molar-refractivity contribution in [2.24, 2.45) is 11.7 Å². The highest BCUT2D eigenvalue weighted by Gasteiger charge is 2.41. The third-order valence-corrected chi connectivity index (χ3v) is 3.13. The average molecular weight is 284 g/mol. The summed E-state index contributed by atoms with van der Waals surface area (Å²) in [7, 11) is 0. The van der Waals surface area contributed by atoms with Gasteiger partial charge in [-0.15, -0.1) is 11.8 Å². The van der Waals surface area contributed by atoms with Crippen molar-refractivity contribution in [3.05, 3.63) is 23.4 Å². The third kappa shape index (κ3) is 4.43. The summed E-state index contributed by atoms with van der Waals surface area (Å²) in [6.45, 7) is 0. The summed E-state index contributed by atoms with van der Waals surface area (Å²) in [4.78, 5) is 3.84. The van der Waals surface area contributed by atoms with Crippen LogP contribution in [0.5, 0.6) is 0 Å². The standard InChI is InChI=1S/C9H9ClF3N3S/c10-5-1-2-7(16-3-5)17-4-6(8(14)15)9(11,12)13/h1-3,6H,4H2,(H3,14,15). The van der Waals surface area contributed by atoms with Crippen molar-refractivity contribution in [2.45, 2.75) is 11.2 Å². The van der Waals surface area contributed by atoms with Gasteiger partial charge in [0.15, 0.2) is 0 Å². The lowest BCUT2D eigenvalue weighted by Gasteiger charge is -2.17. The molecule has 1 atom stereocenters. The first-order valence-electron chi connectivity index (χ1n) is 4.45. The first-order valence-corrected chi connectivity index (χ1v) is 5.82. The van der Waals surface area contributed by atoms with E-state index in [-0.39, 0.29) is 5.75 Å². The van der Waals surface area contributed by atoms with Crippen molar-refractivity contribution in [2.75, 3.05) is 5.75 Å². The molecule has 17 heavy (non-hydrogen) atoms. The summed E-state index contributed by atoms with van der Waals surface area (Å²) in [6.07, 6.45) is -3.16. The van der Waals surface area contributed by atoms with E-state index in [0.717, 1.165) is 11.8 Å². The van der Waals surface area contributed by atoms with Crippen LogP contribution in [0.1, 0.15) is 0 Å². The average Bonchev–Trinajstić information content (AvgIpc) is 2.18. The first kappa shape index (κ1) is 14.1. The zero-order valence-corrected chi connectivity index (χ0v) is 10.0. The molecule has 0 aliphatic carbocycles. The van der Waals surface area contributed by atoms with Crippen LogP contribution in [0.4, 0.5) is 13.2 Å². The Balaban J connectivity index is 2.65. The van der Waals surface area contributed by atoms with E-state index in [1.54, 1.807) is 0 Å². The van der Waals surface area contributed by atoms with Gasteiger partial charge in [0.1, 0.15) is 11.8 Å². The quantitative estimate of drug-likeness (QED) is 0.507. The molecular weight excluding hydrogens is 275 g/mol. The zero-order valence-electron chi connectivity index (χ0n) is 8.46. The molecule has 0 radical (unpaired) electrons. The summed E-state index contributed by atoms with van der Waals surface area (Å²) in [6, 6.07) is 3.05. The molecule has 0 aliphatic heterocycles. The zero-order chi connectivity index (χ0) is 13.1. The van der Waals surface area contributed by atoms with E-state index in [9.17, 15) is 13.2 Å². The van der Waals surface area contributed by atoms with Crippen LogP contribution < -0.4 is 5.73 Å². The van der Waals surface area contributed by atoms with Crippen LogP contribution in [0.3, 0.4) is 0 Å². The molecular formula is C9H9ClF3N3S. The summed E-state index contributed by atoms with van der Waals surface area (Å²) < 4.78 is 37.4. The number of rotatable bonds is 4. The SMILES string of the molecule is N=C(N)C(CSc1ccc(Cl)cn1)C(F)(F)F. The fourth-order valence-electron chi connectivity index (χ4n) is 0.977. The van der Waals surface area contributed by atoms with Gasteiger partial charge >= 0.3 is 6.18 Å². The number of alkyl halides is 3. The Kier molecular flexibility index (Phi) is 4.64. The predicted octanol–water partition coefficient (Wildman–Crippen LogP) is 2.94. The van der Waals surface area contributed by atoms with Gasteiger partial charge in [0.2, 0.25) is 0 Å². The fourth-order valence-corrected chi connectivity index (χ4v) is 2.09. The number of thioether (sulfide) groups is 1. The molecule has 94 valence electrons. The Morgan fingerprint density at radius 1 is 1.53 bits per heavy atom. The maximum atomic E-state index is 12.5. The van der Waals surface area contributed by atoms with Crippen molar-refractivity contribution >= 4 is 29.2 Å². The van der Waals surface area contributed by atoms with Gasteiger partial charge in [0, 0.05) is 11.9 Å². The highest BCUT2D eigenvalue weighted by Crippen LogP contribution is 2.31. The molecule has 1 aromatic heterocycles. The number of nitrogens with one attached hydrogen (secondary N) is 1. The Morgan fingerprint density at radius 2 is 2.18 bits per heavy atom. The van der Waals surface area contributed by atoms with Crippen LogP contribution in [-0.4, -0.2) is 22.7 Å². The van der Waals surface area contributed by atoms with Gasteiger partial charge in [-0.2, -0.15) is 13.2 Å². The first-order chi connectivity index (χ1) is 7.80. The lowest BCUT2D eigenvalue weighted by atomic mass is 10.1. The number of pyridine rings is 1. The molecule has 0 amide bonds. The molecule has 1 unspecified atom stereocenters. The molecule has 3 N–H and O–H groups in total. The molecule has 3 nitrogen and oxygen atoms in total. The number of hydrogen-bond acceptors (Lipinski definition) is 3. The maximum absolute atomic E-state index is 12.5. The summed E-state index contributed by atoms with van der Waals surface area (Å²) in [5, 5.41) is 7.73. The van der Waals surface area contributed by atoms with E-state index in [0.29, 0.717) is 10.0 Å². The predicted molar refractivity (Wildman–Crippen MR) is 61.4 cm³/mol. The second-order valence-electron chi connectivity index (χ2n) is 3.18. The Bertz CT molecular complexity index is 393. The topological polar surface area (TPSA) is 62.8 Å². The highest BCUT2D eigenvalue weighted by molar-refractivity contribution is 7.99. The van der Waals surface area contributed by atoms with Crippen LogP contribution in [0, 0.1) is 11.3 Å². The second-order valence-corrected chi connectivity index (χ2v) is 4.65. The molecule has 0 spiro atoms. The van der Waals surface area contributed by atoms with Gasteiger partial charge < -0.3 is 5.73 Å². The van der Waals surface area contributed by atoms with Gasteiger partial charge in [-0.05, 0) is 12.1 Å². The molecule has 0 saturated carbocycles. The van der Waals surface area contributed by atoms with Gasteiger partial charge in [-0.25, -0.2) is 4.98 Å². The molecule has 1 heterocycles. The van der Waals surface area contributed by atoms with Gasteiger partial charge in [-0.3, -0.25) is 5.41 Å². The number of halogens is 4. The maximum Gasteiger partial charge on any atom is 0.399 e. The normalized spacial score (nSPS) is 13.4. The molecule has 0 bridgehead atoms. The lowest BCUT2D eigenvalue weighted by molar-refractivity contribution is -0.149. The number of hydrogen-bond donors (Lipinski definition) is 2. The van der Waals surface area contributed by atoms with Crippen molar-refractivity contribution in [3.8, 4) is 0 Å². The Labute approximate surface area is 105 Å². The molecule has 0 fully saturated rings. The van der Waals surface area contributed by atoms with Gasteiger partial charge in [-0.1, -0.05) is 11.6 Å². The van der Waals surface area contributed by atoms with E-state index in [1.807, 2.05) is 0 Å². The van der Waals surface area contributed by atoms with Crippen LogP contribution in [0.25, 0.3) is 0 Å². The minimum absolute atomic E-state index is 0.368. The molecule has 0 aliphatic rings. The van der Waals surface area contributed by atoms with Crippen molar-refractivity contribution in [3.63, 3.8) is 0 Å². The van der Waals surface area contributed by atoms with Crippen LogP contribution in [0.2, 0.25) is 5.02 Å². The van der Waals surface area contributed by atoms with E-state index in [1.165, 1.54) is 18.3 Å². The van der Waals surface area contributed by atoms with Crippen molar-refractivity contribution < 1.29 is 13.2 Å². The van der Waals surface area contributed by atoms with Gasteiger partial charge in [0.05, 0.1) is 10.0 Å². The van der Waals surface area contributed by atoms with Crippen LogP contribution >= 0.6 is 23.4 Å². The largest absolute Gasteiger partial charge is 0.399 e. The fraction of sp³-hybridized carbons (Fsp3) is 0.333. The molecule has 0 saturated heterocycles. The Morgan fingerprint density at radius 3 is 2.59 bits per heavy atom. The van der Waals surface area contributed by atoms with Crippen LogP contribution in [0.15, 0.2) is 23.4 Å². The molecule has 0 aromatic carbocycles. The Hall–Kier alpha value is -0.950. The molecule has 1 aromatic rings. The van der Waals surface area contributed by atoms with Crippen molar-refractivity contribution in [1.29, 1.82) is 5.41 Å².